The number of para-hydroxylation sites is 3. The van der Waals surface area contributed by atoms with E-state index in [0.29, 0.717) is 11.5 Å². The highest BCUT2D eigenvalue weighted by Gasteiger charge is 2.36. The summed E-state index contributed by atoms with van der Waals surface area (Å²) in [5.41, 5.74) is 0. The van der Waals surface area contributed by atoms with E-state index in [1.54, 1.807) is 109 Å². The second kappa shape index (κ2) is 12.9. The first-order chi connectivity index (χ1) is 19.9. The van der Waals surface area contributed by atoms with Gasteiger partial charge in [-0.05, 0) is 73.0 Å². The standard InChI is InChI=1S/C31H28O8P2/c1-25-13-11-20-29(23-25)37-41(33,36-28-18-9-4-10-19-28)39-31-22-12-21-30(24-31)38-40(32,34-26-14-5-2-6-15-26)35-27-16-7-3-8-17-27/h2-12,14-25H,13H2,1H3. The van der Waals surface area contributed by atoms with Crippen LogP contribution in [0.25, 0.3) is 0 Å². The van der Waals surface area contributed by atoms with Crippen LogP contribution in [0.1, 0.15) is 13.3 Å². The van der Waals surface area contributed by atoms with Gasteiger partial charge in [0.15, 0.2) is 0 Å². The Balaban J connectivity index is 1.40. The van der Waals surface area contributed by atoms with Crippen molar-refractivity contribution in [1.29, 1.82) is 0 Å². The monoisotopic (exact) mass is 590 g/mol. The lowest BCUT2D eigenvalue weighted by atomic mass is 10.0. The minimum atomic E-state index is -4.25. The molecule has 4 aromatic rings. The highest BCUT2D eigenvalue weighted by Crippen LogP contribution is 2.54. The summed E-state index contributed by atoms with van der Waals surface area (Å²) < 4.78 is 62.3. The Morgan fingerprint density at radius 2 is 0.927 bits per heavy atom. The summed E-state index contributed by atoms with van der Waals surface area (Å²) in [7, 11) is -8.50. The van der Waals surface area contributed by atoms with E-state index in [1.165, 1.54) is 6.07 Å². The third-order valence-corrected chi connectivity index (χ3v) is 8.18. The zero-order valence-electron chi connectivity index (χ0n) is 22.1. The molecule has 0 fully saturated rings. The van der Waals surface area contributed by atoms with E-state index >= 15 is 0 Å². The van der Waals surface area contributed by atoms with E-state index < -0.39 is 15.6 Å². The van der Waals surface area contributed by atoms with Crippen molar-refractivity contribution in [2.45, 2.75) is 13.3 Å². The van der Waals surface area contributed by atoms with Gasteiger partial charge in [-0.1, -0.05) is 73.7 Å². The summed E-state index contributed by atoms with van der Waals surface area (Å²) in [5, 5.41) is 0. The second-order valence-electron chi connectivity index (χ2n) is 9.04. The van der Waals surface area contributed by atoms with Crippen molar-refractivity contribution in [3.63, 3.8) is 0 Å². The molecule has 0 amide bonds. The van der Waals surface area contributed by atoms with Crippen molar-refractivity contribution in [1.82, 2.24) is 0 Å². The quantitative estimate of drug-likeness (QED) is 0.151. The van der Waals surface area contributed by atoms with E-state index in [-0.39, 0.29) is 28.9 Å². The van der Waals surface area contributed by atoms with Gasteiger partial charge >= 0.3 is 15.6 Å². The van der Waals surface area contributed by atoms with Crippen molar-refractivity contribution in [2.75, 3.05) is 0 Å². The fourth-order valence-corrected chi connectivity index (χ4v) is 6.27. The Kier molecular flexibility index (Phi) is 8.83. The SMILES string of the molecule is CC1C=C(OP(=O)(Oc2ccccc2)Oc2cccc(OP(=O)(Oc3ccccc3)Oc3ccccc3)c2)C=CC1. The molecule has 4 aromatic carbocycles. The molecule has 0 aromatic heterocycles. The maximum atomic E-state index is 13.9. The Hall–Kier alpha value is -4.38. The summed E-state index contributed by atoms with van der Waals surface area (Å²) in [5.74, 6) is 1.60. The topological polar surface area (TPSA) is 89.5 Å². The van der Waals surface area contributed by atoms with Gasteiger partial charge in [0.1, 0.15) is 34.5 Å². The molecule has 5 rings (SSSR count). The van der Waals surface area contributed by atoms with Crippen LogP contribution in [0.5, 0.6) is 28.7 Å². The van der Waals surface area contributed by atoms with Gasteiger partial charge in [0.2, 0.25) is 0 Å². The number of allylic oxidation sites excluding steroid dienone is 3. The smallest absolute Gasteiger partial charge is 0.386 e. The number of phosphoric ester groups is 2. The van der Waals surface area contributed by atoms with Gasteiger partial charge in [0.25, 0.3) is 0 Å². The summed E-state index contributed by atoms with van der Waals surface area (Å²) in [6.45, 7) is 2.02. The zero-order chi connectivity index (χ0) is 28.5. The maximum absolute atomic E-state index is 13.9. The minimum absolute atomic E-state index is 0.0781. The van der Waals surface area contributed by atoms with E-state index in [0.717, 1.165) is 6.42 Å². The van der Waals surface area contributed by atoms with Crippen molar-refractivity contribution < 1.29 is 36.3 Å². The maximum Gasteiger partial charge on any atom is 0.647 e. The molecule has 0 heterocycles. The number of phosphoric acid groups is 2. The summed E-state index contributed by atoms with van der Waals surface area (Å²) in [6, 6.07) is 31.7. The van der Waals surface area contributed by atoms with E-state index in [4.69, 9.17) is 27.1 Å². The van der Waals surface area contributed by atoms with Crippen molar-refractivity contribution >= 4 is 15.6 Å². The lowest BCUT2D eigenvalue weighted by Gasteiger charge is -2.22. The molecule has 0 saturated heterocycles. The van der Waals surface area contributed by atoms with Crippen molar-refractivity contribution in [2.24, 2.45) is 5.92 Å². The number of hydrogen-bond donors (Lipinski definition) is 0. The molecule has 0 aliphatic heterocycles. The largest absolute Gasteiger partial charge is 0.647 e. The van der Waals surface area contributed by atoms with Crippen molar-refractivity contribution in [3.8, 4) is 28.7 Å². The minimum Gasteiger partial charge on any atom is -0.386 e. The zero-order valence-corrected chi connectivity index (χ0v) is 23.9. The molecule has 2 unspecified atom stereocenters. The molecule has 0 N–H and O–H groups in total. The first-order valence-electron chi connectivity index (χ1n) is 12.9. The van der Waals surface area contributed by atoms with E-state index in [1.807, 2.05) is 25.1 Å². The van der Waals surface area contributed by atoms with Crippen LogP contribution in [-0.4, -0.2) is 0 Å². The first kappa shape index (κ1) is 28.2. The summed E-state index contributed by atoms with van der Waals surface area (Å²) >= 11 is 0. The molecule has 0 bridgehead atoms. The van der Waals surface area contributed by atoms with Crippen LogP contribution in [0.4, 0.5) is 0 Å². The average Bonchev–Trinajstić information content (AvgIpc) is 2.94. The third kappa shape index (κ3) is 8.31. The van der Waals surface area contributed by atoms with Gasteiger partial charge < -0.3 is 27.1 Å². The fraction of sp³-hybridized carbons (Fsp3) is 0.0968. The lowest BCUT2D eigenvalue weighted by molar-refractivity contribution is 0.260. The molecule has 41 heavy (non-hydrogen) atoms. The fourth-order valence-electron chi connectivity index (χ4n) is 3.78. The second-order valence-corrected chi connectivity index (χ2v) is 11.9. The van der Waals surface area contributed by atoms with Gasteiger partial charge in [-0.25, -0.2) is 0 Å². The van der Waals surface area contributed by atoms with Crippen LogP contribution in [0, 0.1) is 5.92 Å². The third-order valence-electron chi connectivity index (χ3n) is 5.58. The predicted molar refractivity (Wildman–Crippen MR) is 156 cm³/mol. The van der Waals surface area contributed by atoms with Crippen molar-refractivity contribution in [3.05, 3.63) is 139 Å². The van der Waals surface area contributed by atoms with E-state index in [2.05, 4.69) is 0 Å². The number of rotatable bonds is 12. The van der Waals surface area contributed by atoms with Gasteiger partial charge in [-0.3, -0.25) is 0 Å². The molecule has 0 spiro atoms. The van der Waals surface area contributed by atoms with Gasteiger partial charge in [0.05, 0.1) is 0 Å². The molecule has 210 valence electrons. The Labute approximate surface area is 239 Å². The molecule has 0 saturated carbocycles. The van der Waals surface area contributed by atoms with Crippen LogP contribution >= 0.6 is 15.6 Å². The summed E-state index contributed by atoms with van der Waals surface area (Å²) in [6.07, 6.45) is 6.34. The van der Waals surface area contributed by atoms with Crippen LogP contribution in [0.3, 0.4) is 0 Å². The van der Waals surface area contributed by atoms with Crippen LogP contribution in [0.2, 0.25) is 0 Å². The van der Waals surface area contributed by atoms with Gasteiger partial charge in [-0.2, -0.15) is 9.13 Å². The highest BCUT2D eigenvalue weighted by molar-refractivity contribution is 7.50. The molecule has 10 heteroatoms. The van der Waals surface area contributed by atoms with Crippen LogP contribution < -0.4 is 22.6 Å². The Morgan fingerprint density at radius 3 is 1.37 bits per heavy atom. The number of hydrogen-bond acceptors (Lipinski definition) is 8. The Bertz CT molecular complexity index is 1540. The predicted octanol–water partition coefficient (Wildman–Crippen LogP) is 9.39. The Morgan fingerprint density at radius 1 is 0.537 bits per heavy atom. The first-order valence-corrected chi connectivity index (χ1v) is 15.8. The molecular formula is C31H28O8P2. The van der Waals surface area contributed by atoms with Crippen LogP contribution in [0.15, 0.2) is 139 Å². The normalized spacial score (nSPS) is 16.0. The molecule has 1 aliphatic carbocycles. The molecule has 1 aliphatic rings. The van der Waals surface area contributed by atoms with Gasteiger partial charge in [-0.15, -0.1) is 0 Å². The lowest BCUT2D eigenvalue weighted by Crippen LogP contribution is -2.08. The van der Waals surface area contributed by atoms with E-state index in [9.17, 15) is 9.13 Å². The molecular weight excluding hydrogens is 562 g/mol. The average molecular weight is 591 g/mol. The summed E-state index contributed by atoms with van der Waals surface area (Å²) in [4.78, 5) is 0. The molecule has 0 radical (unpaired) electrons. The number of benzene rings is 4. The molecule has 8 nitrogen and oxygen atoms in total. The molecule has 2 atom stereocenters. The van der Waals surface area contributed by atoms with Crippen LogP contribution in [-0.2, 0) is 13.7 Å². The highest BCUT2D eigenvalue weighted by atomic mass is 31.2. The van der Waals surface area contributed by atoms with Gasteiger partial charge in [0, 0.05) is 6.07 Å².